The van der Waals surface area contributed by atoms with Crippen LogP contribution >= 0.6 is 0 Å². The summed E-state index contributed by atoms with van der Waals surface area (Å²) in [5.41, 5.74) is 1.31. The zero-order valence-corrected chi connectivity index (χ0v) is 12.7. The first-order valence-electron chi connectivity index (χ1n) is 7.78. The molecule has 1 atom stereocenters. The Kier molecular flexibility index (Phi) is 6.34. The van der Waals surface area contributed by atoms with Gasteiger partial charge in [0.1, 0.15) is 5.75 Å². The predicted octanol–water partition coefficient (Wildman–Crippen LogP) is 3.70. The summed E-state index contributed by atoms with van der Waals surface area (Å²) in [6.07, 6.45) is 6.52. The fourth-order valence-electron chi connectivity index (χ4n) is 2.69. The van der Waals surface area contributed by atoms with Crippen LogP contribution in [0.2, 0.25) is 0 Å². The number of hydrogen-bond donors (Lipinski definition) is 1. The maximum absolute atomic E-state index is 5.99. The van der Waals surface area contributed by atoms with Crippen LogP contribution in [0.5, 0.6) is 5.75 Å². The average Bonchev–Trinajstić information content (AvgIpc) is 2.97. The minimum absolute atomic E-state index is 0.368. The topological polar surface area (TPSA) is 30.5 Å². The van der Waals surface area contributed by atoms with E-state index in [1.165, 1.54) is 31.2 Å². The third kappa shape index (κ3) is 4.80. The SMILES string of the molecule is COCCCN[C@@H](C)c1ccc(OC2CCCC2)cc1. The second kappa shape index (κ2) is 8.28. The van der Waals surface area contributed by atoms with Crippen molar-refractivity contribution in [2.45, 2.75) is 51.2 Å². The highest BCUT2D eigenvalue weighted by Crippen LogP contribution is 2.25. The number of benzene rings is 1. The molecule has 1 aromatic rings. The van der Waals surface area contributed by atoms with E-state index in [1.54, 1.807) is 7.11 Å². The van der Waals surface area contributed by atoms with Gasteiger partial charge in [-0.2, -0.15) is 0 Å². The molecule has 0 saturated heterocycles. The summed E-state index contributed by atoms with van der Waals surface area (Å²) >= 11 is 0. The molecule has 3 nitrogen and oxygen atoms in total. The Labute approximate surface area is 122 Å². The quantitative estimate of drug-likeness (QED) is 0.735. The minimum atomic E-state index is 0.368. The Hall–Kier alpha value is -1.06. The molecule has 0 aromatic heterocycles. The van der Waals surface area contributed by atoms with Gasteiger partial charge in [0.2, 0.25) is 0 Å². The summed E-state index contributed by atoms with van der Waals surface area (Å²) in [7, 11) is 1.74. The highest BCUT2D eigenvalue weighted by molar-refractivity contribution is 5.29. The van der Waals surface area contributed by atoms with Crippen molar-refractivity contribution in [3.63, 3.8) is 0 Å². The largest absolute Gasteiger partial charge is 0.490 e. The van der Waals surface area contributed by atoms with Gasteiger partial charge >= 0.3 is 0 Å². The van der Waals surface area contributed by atoms with Crippen molar-refractivity contribution >= 4 is 0 Å². The van der Waals surface area contributed by atoms with E-state index < -0.39 is 0 Å². The molecule has 1 aliphatic rings. The maximum Gasteiger partial charge on any atom is 0.119 e. The monoisotopic (exact) mass is 277 g/mol. The van der Waals surface area contributed by atoms with Crippen LogP contribution in [0, 0.1) is 0 Å². The zero-order valence-electron chi connectivity index (χ0n) is 12.7. The number of nitrogens with one attached hydrogen (secondary N) is 1. The summed E-state index contributed by atoms with van der Waals surface area (Å²) in [6, 6.07) is 8.89. The third-order valence-corrected chi connectivity index (χ3v) is 3.96. The molecule has 20 heavy (non-hydrogen) atoms. The number of hydrogen-bond acceptors (Lipinski definition) is 3. The van der Waals surface area contributed by atoms with E-state index in [1.807, 2.05) is 0 Å². The van der Waals surface area contributed by atoms with Crippen LogP contribution in [-0.2, 0) is 4.74 Å². The Bertz CT molecular complexity index is 371. The molecule has 1 fully saturated rings. The summed E-state index contributed by atoms with van der Waals surface area (Å²) < 4.78 is 11.0. The van der Waals surface area contributed by atoms with Crippen molar-refractivity contribution < 1.29 is 9.47 Å². The standard InChI is InChI=1S/C17H27NO2/c1-14(18-12-5-13-19-2)15-8-10-17(11-9-15)20-16-6-3-4-7-16/h8-11,14,16,18H,3-7,12-13H2,1-2H3/t14-/m0/s1. The average molecular weight is 277 g/mol. The molecule has 112 valence electrons. The number of rotatable bonds is 8. The van der Waals surface area contributed by atoms with Gasteiger partial charge < -0.3 is 14.8 Å². The van der Waals surface area contributed by atoms with Gasteiger partial charge in [0.25, 0.3) is 0 Å². The lowest BCUT2D eigenvalue weighted by Gasteiger charge is -2.16. The third-order valence-electron chi connectivity index (χ3n) is 3.96. The van der Waals surface area contributed by atoms with Gasteiger partial charge in [0.05, 0.1) is 6.10 Å². The lowest BCUT2D eigenvalue weighted by molar-refractivity contribution is 0.193. The van der Waals surface area contributed by atoms with Crippen molar-refractivity contribution in [1.82, 2.24) is 5.32 Å². The molecule has 0 aliphatic heterocycles. The number of ether oxygens (including phenoxy) is 2. The van der Waals surface area contributed by atoms with Gasteiger partial charge in [-0.05, 0) is 63.3 Å². The van der Waals surface area contributed by atoms with Gasteiger partial charge in [-0.25, -0.2) is 0 Å². The molecule has 0 heterocycles. The summed E-state index contributed by atoms with van der Waals surface area (Å²) in [5.74, 6) is 1.01. The van der Waals surface area contributed by atoms with Crippen LogP contribution in [0.3, 0.4) is 0 Å². The molecule has 0 radical (unpaired) electrons. The van der Waals surface area contributed by atoms with Gasteiger partial charge in [-0.1, -0.05) is 12.1 Å². The predicted molar refractivity (Wildman–Crippen MR) is 82.2 cm³/mol. The van der Waals surface area contributed by atoms with Crippen molar-refractivity contribution in [2.75, 3.05) is 20.3 Å². The van der Waals surface area contributed by atoms with E-state index in [2.05, 4.69) is 36.5 Å². The van der Waals surface area contributed by atoms with Crippen molar-refractivity contribution in [3.8, 4) is 5.75 Å². The normalized spacial score (nSPS) is 17.3. The Morgan fingerprint density at radius 3 is 2.55 bits per heavy atom. The molecule has 0 spiro atoms. The van der Waals surface area contributed by atoms with Crippen LogP contribution in [0.1, 0.15) is 50.6 Å². The molecule has 3 heteroatoms. The lowest BCUT2D eigenvalue weighted by atomic mass is 10.1. The van der Waals surface area contributed by atoms with E-state index in [9.17, 15) is 0 Å². The Morgan fingerprint density at radius 1 is 1.20 bits per heavy atom. The van der Waals surface area contributed by atoms with Gasteiger partial charge in [0.15, 0.2) is 0 Å². The molecular weight excluding hydrogens is 250 g/mol. The molecule has 0 bridgehead atoms. The van der Waals surface area contributed by atoms with Gasteiger partial charge in [-0.3, -0.25) is 0 Å². The lowest BCUT2D eigenvalue weighted by Crippen LogP contribution is -2.20. The first-order valence-corrected chi connectivity index (χ1v) is 7.78. The molecular formula is C17H27NO2. The molecule has 1 N–H and O–H groups in total. The van der Waals surface area contributed by atoms with E-state index >= 15 is 0 Å². The minimum Gasteiger partial charge on any atom is -0.490 e. The van der Waals surface area contributed by atoms with E-state index in [0.29, 0.717) is 12.1 Å². The first-order chi connectivity index (χ1) is 9.79. The second-order valence-corrected chi connectivity index (χ2v) is 5.62. The van der Waals surface area contributed by atoms with Gasteiger partial charge in [-0.15, -0.1) is 0 Å². The van der Waals surface area contributed by atoms with Crippen LogP contribution < -0.4 is 10.1 Å². The number of methoxy groups -OCH3 is 1. The summed E-state index contributed by atoms with van der Waals surface area (Å²) in [6.45, 7) is 3.99. The second-order valence-electron chi connectivity index (χ2n) is 5.62. The fraction of sp³-hybridized carbons (Fsp3) is 0.647. The molecule has 2 rings (SSSR count). The zero-order chi connectivity index (χ0) is 14.2. The smallest absolute Gasteiger partial charge is 0.119 e. The van der Waals surface area contributed by atoms with Crippen LogP contribution in [0.4, 0.5) is 0 Å². The van der Waals surface area contributed by atoms with Crippen molar-refractivity contribution in [2.24, 2.45) is 0 Å². The molecule has 1 aromatic carbocycles. The first kappa shape index (κ1) is 15.3. The molecule has 1 saturated carbocycles. The molecule has 0 unspecified atom stereocenters. The summed E-state index contributed by atoms with van der Waals surface area (Å²) in [5, 5.41) is 3.51. The fourth-order valence-corrected chi connectivity index (χ4v) is 2.69. The van der Waals surface area contributed by atoms with E-state index in [0.717, 1.165) is 25.3 Å². The van der Waals surface area contributed by atoms with Crippen molar-refractivity contribution in [1.29, 1.82) is 0 Å². The highest BCUT2D eigenvalue weighted by atomic mass is 16.5. The van der Waals surface area contributed by atoms with E-state index in [-0.39, 0.29) is 0 Å². The Morgan fingerprint density at radius 2 is 1.90 bits per heavy atom. The molecule has 1 aliphatic carbocycles. The Balaban J connectivity index is 1.77. The van der Waals surface area contributed by atoms with E-state index in [4.69, 9.17) is 9.47 Å². The van der Waals surface area contributed by atoms with Crippen LogP contribution in [-0.4, -0.2) is 26.4 Å². The van der Waals surface area contributed by atoms with Crippen molar-refractivity contribution in [3.05, 3.63) is 29.8 Å². The van der Waals surface area contributed by atoms with Crippen LogP contribution in [0.25, 0.3) is 0 Å². The van der Waals surface area contributed by atoms with Gasteiger partial charge in [0, 0.05) is 19.8 Å². The summed E-state index contributed by atoms with van der Waals surface area (Å²) in [4.78, 5) is 0. The molecule has 0 amide bonds. The highest BCUT2D eigenvalue weighted by Gasteiger charge is 2.16. The maximum atomic E-state index is 5.99. The van der Waals surface area contributed by atoms with Crippen LogP contribution in [0.15, 0.2) is 24.3 Å².